The van der Waals surface area contributed by atoms with Gasteiger partial charge in [0.15, 0.2) is 0 Å². The molecule has 6 nitrogen and oxygen atoms in total. The number of rotatable bonds is 2. The SMILES string of the molecule is NC(=O)CN1C(=O)C2(OCCO2)c2ccccc21. The number of primary amides is 1. The van der Waals surface area contributed by atoms with Crippen molar-refractivity contribution in [2.45, 2.75) is 5.79 Å². The lowest BCUT2D eigenvalue weighted by atomic mass is 10.1. The summed E-state index contributed by atoms with van der Waals surface area (Å²) in [5.41, 5.74) is 6.41. The average molecular weight is 248 g/mol. The topological polar surface area (TPSA) is 81.9 Å². The van der Waals surface area contributed by atoms with Crippen molar-refractivity contribution in [1.82, 2.24) is 0 Å². The number of amides is 2. The molecule has 0 atom stereocenters. The van der Waals surface area contributed by atoms with Crippen LogP contribution >= 0.6 is 0 Å². The summed E-state index contributed by atoms with van der Waals surface area (Å²) in [5.74, 6) is -2.35. The molecule has 1 fully saturated rings. The smallest absolute Gasteiger partial charge is 0.293 e. The third kappa shape index (κ3) is 1.36. The van der Waals surface area contributed by atoms with Crippen LogP contribution in [0.3, 0.4) is 0 Å². The zero-order valence-electron chi connectivity index (χ0n) is 9.59. The molecule has 18 heavy (non-hydrogen) atoms. The first-order valence-electron chi connectivity index (χ1n) is 5.63. The molecule has 1 aromatic carbocycles. The van der Waals surface area contributed by atoms with Gasteiger partial charge in [-0.25, -0.2) is 0 Å². The van der Waals surface area contributed by atoms with E-state index >= 15 is 0 Å². The number of anilines is 1. The van der Waals surface area contributed by atoms with Gasteiger partial charge in [0.2, 0.25) is 5.91 Å². The molecule has 2 aliphatic heterocycles. The van der Waals surface area contributed by atoms with E-state index in [4.69, 9.17) is 15.2 Å². The van der Waals surface area contributed by atoms with Crippen LogP contribution in [0.15, 0.2) is 24.3 Å². The molecule has 2 N–H and O–H groups in total. The molecule has 1 spiro atoms. The average Bonchev–Trinajstić information content (AvgIpc) is 2.92. The number of carbonyl (C=O) groups excluding carboxylic acids is 2. The van der Waals surface area contributed by atoms with E-state index in [9.17, 15) is 9.59 Å². The lowest BCUT2D eigenvalue weighted by Crippen LogP contribution is -2.44. The maximum Gasteiger partial charge on any atom is 0.293 e. The van der Waals surface area contributed by atoms with Crippen molar-refractivity contribution in [2.24, 2.45) is 5.73 Å². The second kappa shape index (κ2) is 3.79. The highest BCUT2D eigenvalue weighted by atomic mass is 16.7. The molecule has 0 bridgehead atoms. The molecule has 0 aromatic heterocycles. The molecule has 2 amide bonds. The lowest BCUT2D eigenvalue weighted by molar-refractivity contribution is -0.180. The minimum absolute atomic E-state index is 0.176. The first-order valence-corrected chi connectivity index (χ1v) is 5.63. The molecule has 2 aliphatic rings. The fourth-order valence-electron chi connectivity index (χ4n) is 2.39. The number of nitrogens with two attached hydrogens (primary N) is 1. The highest BCUT2D eigenvalue weighted by Crippen LogP contribution is 2.45. The lowest BCUT2D eigenvalue weighted by Gasteiger charge is -2.21. The molecule has 0 aliphatic carbocycles. The fraction of sp³-hybridized carbons (Fsp3) is 0.333. The summed E-state index contributed by atoms with van der Waals surface area (Å²) in [6, 6.07) is 7.09. The van der Waals surface area contributed by atoms with Gasteiger partial charge in [0, 0.05) is 5.56 Å². The van der Waals surface area contributed by atoms with Gasteiger partial charge in [-0.1, -0.05) is 18.2 Å². The number of nitrogens with zero attached hydrogens (tertiary/aromatic N) is 1. The number of ether oxygens (including phenoxy) is 2. The van der Waals surface area contributed by atoms with Crippen LogP contribution in [0.25, 0.3) is 0 Å². The number of fused-ring (bicyclic) bond motifs is 2. The largest absolute Gasteiger partial charge is 0.368 e. The minimum Gasteiger partial charge on any atom is -0.368 e. The normalized spacial score (nSPS) is 20.4. The predicted molar refractivity (Wildman–Crippen MR) is 61.6 cm³/mol. The predicted octanol–water partition coefficient (Wildman–Crippen LogP) is -0.282. The van der Waals surface area contributed by atoms with Gasteiger partial charge < -0.3 is 15.2 Å². The van der Waals surface area contributed by atoms with E-state index in [1.165, 1.54) is 4.90 Å². The van der Waals surface area contributed by atoms with Crippen molar-refractivity contribution in [3.63, 3.8) is 0 Å². The summed E-state index contributed by atoms with van der Waals surface area (Å²) >= 11 is 0. The summed E-state index contributed by atoms with van der Waals surface area (Å²) in [6.45, 7) is 0.527. The quantitative estimate of drug-likeness (QED) is 0.780. The third-order valence-electron chi connectivity index (χ3n) is 3.08. The molecule has 1 saturated heterocycles. The van der Waals surface area contributed by atoms with Crippen LogP contribution in [0.4, 0.5) is 5.69 Å². The first kappa shape index (κ1) is 11.2. The summed E-state index contributed by atoms with van der Waals surface area (Å²) in [4.78, 5) is 24.8. The molecule has 6 heteroatoms. The standard InChI is InChI=1S/C12H12N2O4/c13-10(15)7-14-9-4-2-1-3-8(9)12(11(14)16)17-5-6-18-12/h1-4H,5-7H2,(H2,13,15). The van der Waals surface area contributed by atoms with Crippen molar-refractivity contribution in [3.8, 4) is 0 Å². The molecule has 0 radical (unpaired) electrons. The Kier molecular flexibility index (Phi) is 2.36. The number of carbonyl (C=O) groups is 2. The Labute approximate surface area is 103 Å². The van der Waals surface area contributed by atoms with Crippen molar-refractivity contribution in [1.29, 1.82) is 0 Å². The maximum absolute atomic E-state index is 12.4. The summed E-state index contributed by atoms with van der Waals surface area (Å²) in [6.07, 6.45) is 0. The monoisotopic (exact) mass is 248 g/mol. The van der Waals surface area contributed by atoms with E-state index in [0.717, 1.165) is 0 Å². The molecule has 94 valence electrons. The van der Waals surface area contributed by atoms with E-state index in [-0.39, 0.29) is 12.5 Å². The Hall–Kier alpha value is -1.92. The minimum atomic E-state index is -1.38. The number of hydrogen-bond donors (Lipinski definition) is 1. The number of hydrogen-bond acceptors (Lipinski definition) is 4. The van der Waals surface area contributed by atoms with Crippen LogP contribution in [0.1, 0.15) is 5.56 Å². The number of para-hydroxylation sites is 1. The van der Waals surface area contributed by atoms with E-state index < -0.39 is 11.7 Å². The van der Waals surface area contributed by atoms with Crippen LogP contribution in [0.5, 0.6) is 0 Å². The van der Waals surface area contributed by atoms with Gasteiger partial charge in [-0.2, -0.15) is 0 Å². The van der Waals surface area contributed by atoms with Crippen LogP contribution < -0.4 is 10.6 Å². The van der Waals surface area contributed by atoms with Gasteiger partial charge in [-0.05, 0) is 6.07 Å². The van der Waals surface area contributed by atoms with Crippen molar-refractivity contribution in [2.75, 3.05) is 24.7 Å². The van der Waals surface area contributed by atoms with E-state index in [1.807, 2.05) is 0 Å². The maximum atomic E-state index is 12.4. The van der Waals surface area contributed by atoms with Crippen molar-refractivity contribution < 1.29 is 19.1 Å². The van der Waals surface area contributed by atoms with Gasteiger partial charge in [-0.15, -0.1) is 0 Å². The van der Waals surface area contributed by atoms with Crippen LogP contribution in [0.2, 0.25) is 0 Å². The van der Waals surface area contributed by atoms with Crippen molar-refractivity contribution >= 4 is 17.5 Å². The Morgan fingerprint density at radius 1 is 1.33 bits per heavy atom. The van der Waals surface area contributed by atoms with Gasteiger partial charge in [0.05, 0.1) is 18.9 Å². The molecule has 1 aromatic rings. The van der Waals surface area contributed by atoms with Gasteiger partial charge in [0.1, 0.15) is 6.54 Å². The zero-order chi connectivity index (χ0) is 12.8. The highest BCUT2D eigenvalue weighted by Gasteiger charge is 2.56. The summed E-state index contributed by atoms with van der Waals surface area (Å²) in [7, 11) is 0. The van der Waals surface area contributed by atoms with Gasteiger partial charge in [-0.3, -0.25) is 14.5 Å². The Balaban J connectivity index is 2.11. The Bertz CT molecular complexity index is 523. The summed E-state index contributed by atoms with van der Waals surface area (Å²) in [5, 5.41) is 0. The fourth-order valence-corrected chi connectivity index (χ4v) is 2.39. The third-order valence-corrected chi connectivity index (χ3v) is 3.08. The van der Waals surface area contributed by atoms with Crippen LogP contribution in [0, 0.1) is 0 Å². The van der Waals surface area contributed by atoms with Crippen LogP contribution in [-0.2, 0) is 24.8 Å². The van der Waals surface area contributed by atoms with Gasteiger partial charge >= 0.3 is 0 Å². The van der Waals surface area contributed by atoms with E-state index in [0.29, 0.717) is 24.5 Å². The van der Waals surface area contributed by atoms with Crippen molar-refractivity contribution in [3.05, 3.63) is 29.8 Å². The number of benzene rings is 1. The summed E-state index contributed by atoms with van der Waals surface area (Å²) < 4.78 is 11.0. The van der Waals surface area contributed by atoms with Gasteiger partial charge in [0.25, 0.3) is 11.7 Å². The highest BCUT2D eigenvalue weighted by molar-refractivity contribution is 6.08. The molecule has 0 unspecified atom stereocenters. The molecule has 2 heterocycles. The Morgan fingerprint density at radius 2 is 2.00 bits per heavy atom. The second-order valence-electron chi connectivity index (χ2n) is 4.19. The second-order valence-corrected chi connectivity index (χ2v) is 4.19. The molecule has 0 saturated carbocycles. The zero-order valence-corrected chi connectivity index (χ0v) is 9.59. The molecular formula is C12H12N2O4. The molecular weight excluding hydrogens is 236 g/mol. The van der Waals surface area contributed by atoms with E-state index in [2.05, 4.69) is 0 Å². The Morgan fingerprint density at radius 3 is 2.67 bits per heavy atom. The first-order chi connectivity index (χ1) is 8.65. The molecule has 3 rings (SSSR count). The van der Waals surface area contributed by atoms with E-state index in [1.54, 1.807) is 24.3 Å². The van der Waals surface area contributed by atoms with Crippen LogP contribution in [-0.4, -0.2) is 31.6 Å².